The Bertz CT molecular complexity index is 403. The zero-order valence-corrected chi connectivity index (χ0v) is 13.4. The van der Waals surface area contributed by atoms with Gasteiger partial charge < -0.3 is 15.7 Å². The van der Waals surface area contributed by atoms with Crippen LogP contribution in [0.2, 0.25) is 0 Å². The van der Waals surface area contributed by atoms with Crippen LogP contribution in [0.3, 0.4) is 0 Å². The zero-order chi connectivity index (χ0) is 16.0. The van der Waals surface area contributed by atoms with E-state index in [4.69, 9.17) is 0 Å². The highest BCUT2D eigenvalue weighted by Gasteiger charge is 2.41. The number of carbonyl (C=O) groups excluding carboxylic acids is 2. The lowest BCUT2D eigenvalue weighted by molar-refractivity contribution is -0.141. The van der Waals surface area contributed by atoms with E-state index in [1.54, 1.807) is 0 Å². The van der Waals surface area contributed by atoms with Crippen molar-refractivity contribution in [2.24, 2.45) is 0 Å². The first-order chi connectivity index (χ1) is 9.86. The van der Waals surface area contributed by atoms with Gasteiger partial charge in [0.2, 0.25) is 5.91 Å². The first kappa shape index (κ1) is 17.6. The summed E-state index contributed by atoms with van der Waals surface area (Å²) < 4.78 is 0. The third-order valence-corrected chi connectivity index (χ3v) is 4.35. The van der Waals surface area contributed by atoms with Crippen molar-refractivity contribution in [3.63, 3.8) is 0 Å². The van der Waals surface area contributed by atoms with Crippen LogP contribution in [-0.2, 0) is 9.59 Å². The molecule has 0 aliphatic carbocycles. The van der Waals surface area contributed by atoms with Crippen molar-refractivity contribution >= 4 is 29.7 Å². The van der Waals surface area contributed by atoms with Crippen LogP contribution in [0.25, 0.3) is 0 Å². The Kier molecular flexibility index (Phi) is 6.80. The molecule has 2 atom stereocenters. The van der Waals surface area contributed by atoms with Gasteiger partial charge >= 0.3 is 12.0 Å². The molecule has 0 radical (unpaired) electrons. The predicted molar refractivity (Wildman–Crippen MR) is 81.1 cm³/mol. The van der Waals surface area contributed by atoms with Gasteiger partial charge in [0.25, 0.3) is 0 Å². The van der Waals surface area contributed by atoms with Crippen LogP contribution in [-0.4, -0.2) is 57.7 Å². The number of urea groups is 1. The molecular formula is C13H23N3O4S. The fourth-order valence-electron chi connectivity index (χ4n) is 2.12. The van der Waals surface area contributed by atoms with E-state index in [0.29, 0.717) is 5.75 Å². The summed E-state index contributed by atoms with van der Waals surface area (Å²) >= 11 is 1.47. The summed E-state index contributed by atoms with van der Waals surface area (Å²) in [6.45, 7) is 5.49. The number of aliphatic carboxylic acids is 1. The number of hydrogen-bond acceptors (Lipinski definition) is 4. The van der Waals surface area contributed by atoms with Gasteiger partial charge in [-0.25, -0.2) is 9.59 Å². The van der Waals surface area contributed by atoms with Crippen LogP contribution in [0.4, 0.5) is 4.79 Å². The van der Waals surface area contributed by atoms with Gasteiger partial charge in [-0.15, -0.1) is 11.8 Å². The quantitative estimate of drug-likeness (QED) is 0.674. The van der Waals surface area contributed by atoms with E-state index in [1.807, 2.05) is 20.8 Å². The van der Waals surface area contributed by atoms with E-state index >= 15 is 0 Å². The summed E-state index contributed by atoms with van der Waals surface area (Å²) in [6, 6.07) is -1.33. The highest BCUT2D eigenvalue weighted by atomic mass is 32.2. The molecule has 2 unspecified atom stereocenters. The molecule has 8 heteroatoms. The molecule has 0 aromatic heterocycles. The highest BCUT2D eigenvalue weighted by molar-refractivity contribution is 8.00. The maximum absolute atomic E-state index is 12.2. The fourth-order valence-corrected chi connectivity index (χ4v) is 3.63. The van der Waals surface area contributed by atoms with Crippen LogP contribution >= 0.6 is 11.8 Å². The van der Waals surface area contributed by atoms with Crippen molar-refractivity contribution in [1.29, 1.82) is 0 Å². The minimum Gasteiger partial charge on any atom is -0.480 e. The van der Waals surface area contributed by atoms with E-state index in [2.05, 4.69) is 10.6 Å². The second-order valence-electron chi connectivity index (χ2n) is 5.22. The Morgan fingerprint density at radius 3 is 2.57 bits per heavy atom. The van der Waals surface area contributed by atoms with Crippen molar-refractivity contribution in [1.82, 2.24) is 15.5 Å². The summed E-state index contributed by atoms with van der Waals surface area (Å²) in [7, 11) is 0. The van der Waals surface area contributed by atoms with Crippen molar-refractivity contribution in [2.75, 3.05) is 12.3 Å². The fraction of sp³-hybridized carbons (Fsp3) is 0.769. The maximum atomic E-state index is 12.2. The number of amides is 3. The number of nitrogens with one attached hydrogen (secondary N) is 2. The van der Waals surface area contributed by atoms with Gasteiger partial charge in [0.1, 0.15) is 6.04 Å². The van der Waals surface area contributed by atoms with Crippen molar-refractivity contribution < 1.29 is 19.5 Å². The smallest absolute Gasteiger partial charge is 0.327 e. The molecule has 1 saturated heterocycles. The molecule has 1 fully saturated rings. The Labute approximate surface area is 128 Å². The molecule has 120 valence electrons. The van der Waals surface area contributed by atoms with Crippen LogP contribution in [0.15, 0.2) is 0 Å². The molecule has 0 spiro atoms. The Morgan fingerprint density at radius 1 is 1.38 bits per heavy atom. The standard InChI is InChI=1S/C13H23N3O4S/c1-4-5-11-16(9(7-21-11)12(18)19)13(20)14-6-10(17)15-8(2)3/h8-9,11H,4-7H2,1-3H3,(H,14,20)(H,15,17)(H,18,19). The van der Waals surface area contributed by atoms with Crippen molar-refractivity contribution in [2.45, 2.75) is 51.1 Å². The van der Waals surface area contributed by atoms with Gasteiger partial charge in [0.05, 0.1) is 11.9 Å². The van der Waals surface area contributed by atoms with Crippen molar-refractivity contribution in [3.05, 3.63) is 0 Å². The minimum absolute atomic E-state index is 0.00338. The number of thioether (sulfide) groups is 1. The maximum Gasteiger partial charge on any atom is 0.327 e. The molecule has 1 aliphatic rings. The summed E-state index contributed by atoms with van der Waals surface area (Å²) in [5.74, 6) is -0.919. The number of rotatable bonds is 6. The molecule has 21 heavy (non-hydrogen) atoms. The number of hydrogen-bond donors (Lipinski definition) is 3. The molecule has 7 nitrogen and oxygen atoms in total. The lowest BCUT2D eigenvalue weighted by Crippen LogP contribution is -2.52. The molecule has 3 amide bonds. The van der Waals surface area contributed by atoms with Gasteiger partial charge in [-0.1, -0.05) is 13.3 Å². The van der Waals surface area contributed by atoms with Gasteiger partial charge in [0, 0.05) is 11.8 Å². The average molecular weight is 317 g/mol. The van der Waals surface area contributed by atoms with Crippen molar-refractivity contribution in [3.8, 4) is 0 Å². The number of nitrogens with zero attached hydrogens (tertiary/aromatic N) is 1. The molecule has 1 rings (SSSR count). The largest absolute Gasteiger partial charge is 0.480 e. The van der Waals surface area contributed by atoms with E-state index < -0.39 is 18.0 Å². The summed E-state index contributed by atoms with van der Waals surface area (Å²) in [5, 5.41) is 14.2. The van der Waals surface area contributed by atoms with E-state index in [-0.39, 0.29) is 23.9 Å². The molecule has 1 heterocycles. The van der Waals surface area contributed by atoms with Crippen LogP contribution < -0.4 is 10.6 Å². The summed E-state index contributed by atoms with van der Waals surface area (Å²) in [6.07, 6.45) is 1.60. The molecule has 3 N–H and O–H groups in total. The molecule has 1 aliphatic heterocycles. The van der Waals surface area contributed by atoms with Gasteiger partial charge in [-0.3, -0.25) is 9.69 Å². The SMILES string of the molecule is CCCC1SCC(C(=O)O)N1C(=O)NCC(=O)NC(C)C. The number of carboxylic acid groups (broad SMARTS) is 1. The average Bonchev–Trinajstić information content (AvgIpc) is 2.79. The first-order valence-electron chi connectivity index (χ1n) is 7.06. The van der Waals surface area contributed by atoms with Gasteiger partial charge in [0.15, 0.2) is 0 Å². The minimum atomic E-state index is -1.01. The van der Waals surface area contributed by atoms with E-state index in [9.17, 15) is 19.5 Å². The molecule has 0 aromatic rings. The lowest BCUT2D eigenvalue weighted by atomic mass is 10.2. The summed E-state index contributed by atoms with van der Waals surface area (Å²) in [4.78, 5) is 36.3. The van der Waals surface area contributed by atoms with E-state index in [0.717, 1.165) is 12.8 Å². The zero-order valence-electron chi connectivity index (χ0n) is 12.6. The van der Waals surface area contributed by atoms with Crippen LogP contribution in [0.1, 0.15) is 33.6 Å². The first-order valence-corrected chi connectivity index (χ1v) is 8.11. The number of carbonyl (C=O) groups is 3. The lowest BCUT2D eigenvalue weighted by Gasteiger charge is -2.27. The van der Waals surface area contributed by atoms with Gasteiger partial charge in [-0.2, -0.15) is 0 Å². The molecular weight excluding hydrogens is 294 g/mol. The highest BCUT2D eigenvalue weighted by Crippen LogP contribution is 2.32. The third-order valence-electron chi connectivity index (χ3n) is 3.00. The van der Waals surface area contributed by atoms with E-state index in [1.165, 1.54) is 16.7 Å². The second-order valence-corrected chi connectivity index (χ2v) is 6.43. The van der Waals surface area contributed by atoms with Crippen LogP contribution in [0.5, 0.6) is 0 Å². The number of carboxylic acids is 1. The molecule has 0 saturated carbocycles. The molecule has 0 aromatic carbocycles. The normalized spacial score (nSPS) is 21.4. The molecule has 0 bridgehead atoms. The Hall–Kier alpha value is -1.44. The predicted octanol–water partition coefficient (Wildman–Crippen LogP) is 0.849. The summed E-state index contributed by atoms with van der Waals surface area (Å²) in [5.41, 5.74) is 0. The third kappa shape index (κ3) is 5.11. The Balaban J connectivity index is 2.62. The monoisotopic (exact) mass is 317 g/mol. The topological polar surface area (TPSA) is 98.7 Å². The van der Waals surface area contributed by atoms with Gasteiger partial charge in [-0.05, 0) is 20.3 Å². The second kappa shape index (κ2) is 8.11. The Morgan fingerprint density at radius 2 is 2.05 bits per heavy atom. The van der Waals surface area contributed by atoms with Crippen LogP contribution in [0, 0.1) is 0 Å².